The van der Waals surface area contributed by atoms with Gasteiger partial charge in [0.1, 0.15) is 0 Å². The highest BCUT2D eigenvalue weighted by atomic mass is 28.3. The molecule has 0 amide bonds. The molecule has 78 valence electrons. The van der Waals surface area contributed by atoms with Crippen molar-refractivity contribution in [3.8, 4) is 11.5 Å². The Hall–Kier alpha value is -0.963. The summed E-state index contributed by atoms with van der Waals surface area (Å²) in [6, 6.07) is 6.89. The highest BCUT2D eigenvalue weighted by Crippen LogP contribution is 2.26. The second-order valence-electron chi connectivity index (χ2n) is 3.94. The lowest BCUT2D eigenvalue weighted by molar-refractivity contribution is 0.373. The maximum absolute atomic E-state index is 9.40. The molecule has 2 nitrogen and oxygen atoms in total. The second kappa shape index (κ2) is 5.05. The summed E-state index contributed by atoms with van der Waals surface area (Å²) in [5.41, 5.74) is 1.25. The minimum absolute atomic E-state index is 0.220. The van der Waals surface area contributed by atoms with E-state index < -0.39 is 8.80 Å². The van der Waals surface area contributed by atoms with Crippen LogP contribution in [0, 0.1) is 0 Å². The van der Waals surface area contributed by atoms with Gasteiger partial charge in [0, 0.05) is 8.80 Å². The molecular weight excluding hydrogens is 192 g/mol. The minimum atomic E-state index is -0.481. The molecule has 3 heteroatoms. The van der Waals surface area contributed by atoms with Crippen LogP contribution in [0.4, 0.5) is 0 Å². The van der Waals surface area contributed by atoms with Crippen molar-refractivity contribution in [3.63, 3.8) is 0 Å². The van der Waals surface area contributed by atoms with Crippen LogP contribution >= 0.6 is 0 Å². The molecule has 1 rings (SSSR count). The summed E-state index contributed by atoms with van der Waals surface area (Å²) in [7, 11) is 1.10. The van der Waals surface area contributed by atoms with Crippen LogP contribution in [0.3, 0.4) is 0 Å². The monoisotopic (exact) mass is 210 g/mol. The maximum atomic E-state index is 9.40. The summed E-state index contributed by atoms with van der Waals surface area (Å²) in [5.74, 6) is 0.797. The van der Waals surface area contributed by atoms with Gasteiger partial charge >= 0.3 is 0 Å². The van der Waals surface area contributed by atoms with Crippen molar-refractivity contribution in [1.29, 1.82) is 0 Å². The van der Waals surface area contributed by atoms with E-state index in [-0.39, 0.29) is 5.75 Å². The van der Waals surface area contributed by atoms with E-state index in [1.165, 1.54) is 11.6 Å². The number of methoxy groups -OCH3 is 1. The molecule has 0 aromatic heterocycles. The first-order chi connectivity index (χ1) is 6.63. The average molecular weight is 210 g/mol. The number of aromatic hydroxyl groups is 1. The Bertz CT molecular complexity index is 297. The molecule has 0 saturated carbocycles. The minimum Gasteiger partial charge on any atom is -0.504 e. The number of phenols is 1. The lowest BCUT2D eigenvalue weighted by Gasteiger charge is -2.07. The van der Waals surface area contributed by atoms with Crippen molar-refractivity contribution in [2.45, 2.75) is 25.6 Å². The number of hydrogen-bond acceptors (Lipinski definition) is 2. The molecule has 1 N–H and O–H groups in total. The summed E-state index contributed by atoms with van der Waals surface area (Å²) in [4.78, 5) is 0. The van der Waals surface area contributed by atoms with Gasteiger partial charge in [-0.25, -0.2) is 0 Å². The van der Waals surface area contributed by atoms with Gasteiger partial charge in [-0.2, -0.15) is 0 Å². The van der Waals surface area contributed by atoms with E-state index in [0.717, 1.165) is 6.42 Å². The lowest BCUT2D eigenvalue weighted by Crippen LogP contribution is -2.01. The maximum Gasteiger partial charge on any atom is 0.160 e. The van der Waals surface area contributed by atoms with Crippen LogP contribution in [0.15, 0.2) is 18.2 Å². The molecule has 0 aliphatic heterocycles. The zero-order valence-electron chi connectivity index (χ0n) is 9.08. The Morgan fingerprint density at radius 2 is 2.07 bits per heavy atom. The van der Waals surface area contributed by atoms with Gasteiger partial charge in [0.05, 0.1) is 7.11 Å². The summed E-state index contributed by atoms with van der Waals surface area (Å²) >= 11 is 0. The average Bonchev–Trinajstić information content (AvgIpc) is 2.16. The molecule has 0 bridgehead atoms. The van der Waals surface area contributed by atoms with E-state index in [2.05, 4.69) is 13.1 Å². The molecule has 0 radical (unpaired) electrons. The molecule has 0 spiro atoms. The fourth-order valence-electron chi connectivity index (χ4n) is 1.33. The first kappa shape index (κ1) is 11.1. The highest BCUT2D eigenvalue weighted by Gasteiger charge is 2.03. The Morgan fingerprint density at radius 1 is 1.36 bits per heavy atom. The Labute approximate surface area is 87.1 Å². The molecule has 14 heavy (non-hydrogen) atoms. The number of ether oxygens (including phenoxy) is 1. The molecule has 0 atom stereocenters. The Balaban J connectivity index is 2.69. The van der Waals surface area contributed by atoms with E-state index in [1.807, 2.05) is 12.1 Å². The van der Waals surface area contributed by atoms with E-state index in [0.29, 0.717) is 5.75 Å². The topological polar surface area (TPSA) is 29.5 Å². The highest BCUT2D eigenvalue weighted by molar-refractivity contribution is 6.55. The SMILES string of the molecule is COc1cc(CC[SiH](C)C)ccc1O. The first-order valence-corrected chi connectivity index (χ1v) is 8.12. The zero-order valence-corrected chi connectivity index (χ0v) is 10.2. The van der Waals surface area contributed by atoms with Gasteiger partial charge in [0.15, 0.2) is 11.5 Å². The normalized spacial score (nSPS) is 10.6. The van der Waals surface area contributed by atoms with Crippen LogP contribution in [0.2, 0.25) is 19.1 Å². The Kier molecular flexibility index (Phi) is 4.01. The van der Waals surface area contributed by atoms with Crippen LogP contribution in [-0.4, -0.2) is 21.0 Å². The van der Waals surface area contributed by atoms with E-state index in [9.17, 15) is 5.11 Å². The summed E-state index contributed by atoms with van der Waals surface area (Å²) in [6.07, 6.45) is 1.10. The molecule has 0 saturated heterocycles. The molecule has 0 aliphatic carbocycles. The summed E-state index contributed by atoms with van der Waals surface area (Å²) < 4.78 is 5.05. The van der Waals surface area contributed by atoms with E-state index in [1.54, 1.807) is 13.2 Å². The van der Waals surface area contributed by atoms with Gasteiger partial charge in [-0.15, -0.1) is 0 Å². The second-order valence-corrected chi connectivity index (χ2v) is 7.30. The summed E-state index contributed by atoms with van der Waals surface area (Å²) in [6.45, 7) is 4.69. The smallest absolute Gasteiger partial charge is 0.160 e. The van der Waals surface area contributed by atoms with Crippen molar-refractivity contribution < 1.29 is 9.84 Å². The van der Waals surface area contributed by atoms with Crippen LogP contribution in [0.5, 0.6) is 11.5 Å². The van der Waals surface area contributed by atoms with Crippen molar-refractivity contribution in [1.82, 2.24) is 0 Å². The molecular formula is C11H18O2Si. The molecule has 1 aromatic carbocycles. The zero-order chi connectivity index (χ0) is 10.6. The van der Waals surface area contributed by atoms with Crippen molar-refractivity contribution in [3.05, 3.63) is 23.8 Å². The number of hydrogen-bond donors (Lipinski definition) is 1. The van der Waals surface area contributed by atoms with Crippen molar-refractivity contribution in [2.24, 2.45) is 0 Å². The number of benzene rings is 1. The third kappa shape index (κ3) is 3.07. The lowest BCUT2D eigenvalue weighted by atomic mass is 10.1. The fourth-order valence-corrected chi connectivity index (χ4v) is 2.24. The van der Waals surface area contributed by atoms with Crippen molar-refractivity contribution >= 4 is 8.80 Å². The van der Waals surface area contributed by atoms with Crippen LogP contribution in [0.1, 0.15) is 5.56 Å². The van der Waals surface area contributed by atoms with Gasteiger partial charge in [-0.3, -0.25) is 0 Å². The third-order valence-corrected chi connectivity index (χ3v) is 3.70. The number of aryl methyl sites for hydroxylation is 1. The van der Waals surface area contributed by atoms with E-state index in [4.69, 9.17) is 4.74 Å². The predicted molar refractivity (Wildman–Crippen MR) is 62.0 cm³/mol. The van der Waals surface area contributed by atoms with Crippen LogP contribution in [-0.2, 0) is 6.42 Å². The van der Waals surface area contributed by atoms with Gasteiger partial charge in [-0.1, -0.05) is 25.2 Å². The molecule has 0 unspecified atom stereocenters. The summed E-state index contributed by atoms with van der Waals surface area (Å²) in [5, 5.41) is 9.40. The van der Waals surface area contributed by atoms with Crippen LogP contribution < -0.4 is 4.74 Å². The van der Waals surface area contributed by atoms with E-state index >= 15 is 0 Å². The van der Waals surface area contributed by atoms with Gasteiger partial charge in [0.2, 0.25) is 0 Å². The van der Waals surface area contributed by atoms with Gasteiger partial charge in [0.25, 0.3) is 0 Å². The largest absolute Gasteiger partial charge is 0.504 e. The van der Waals surface area contributed by atoms with Crippen LogP contribution in [0.25, 0.3) is 0 Å². The van der Waals surface area contributed by atoms with Gasteiger partial charge < -0.3 is 9.84 Å². The third-order valence-electron chi connectivity index (χ3n) is 2.25. The predicted octanol–water partition coefficient (Wildman–Crippen LogP) is 2.43. The van der Waals surface area contributed by atoms with Crippen molar-refractivity contribution in [2.75, 3.05) is 7.11 Å². The van der Waals surface area contributed by atoms with Gasteiger partial charge in [-0.05, 0) is 24.1 Å². The first-order valence-electron chi connectivity index (χ1n) is 4.99. The fraction of sp³-hybridized carbons (Fsp3) is 0.455. The molecule has 1 aromatic rings. The molecule has 0 aliphatic rings. The Morgan fingerprint density at radius 3 is 2.64 bits per heavy atom. The quantitative estimate of drug-likeness (QED) is 0.773. The molecule has 0 heterocycles. The number of rotatable bonds is 4. The standard InChI is InChI=1S/C11H18O2Si/c1-13-11-8-9(4-5-10(11)12)6-7-14(2)3/h4-5,8,12,14H,6-7H2,1-3H3. The number of phenolic OH excluding ortho intramolecular Hbond substituents is 1. The molecule has 0 fully saturated rings.